The number of benzene rings is 1. The summed E-state index contributed by atoms with van der Waals surface area (Å²) in [5.41, 5.74) is 0.497. The highest BCUT2D eigenvalue weighted by molar-refractivity contribution is 7.99. The predicted octanol–water partition coefficient (Wildman–Crippen LogP) is 2.54. The predicted molar refractivity (Wildman–Crippen MR) is 69.4 cm³/mol. The largest absolute Gasteiger partial charge is 0.481 e. The molecule has 0 radical (unpaired) electrons. The maximum atomic E-state index is 13.5. The van der Waals surface area contributed by atoms with Crippen LogP contribution in [0.5, 0.6) is 0 Å². The molecule has 2 aromatic rings. The molecule has 100 valence electrons. The van der Waals surface area contributed by atoms with E-state index in [4.69, 9.17) is 16.7 Å². The standard InChI is InChI=1S/C11H9ClFN3O2S/c1-6-14-15-11(19-5-10(17)18)16(6)7-2-3-8(12)9(13)4-7/h2-4H,5H2,1H3,(H,17,18). The number of hydrogen-bond acceptors (Lipinski definition) is 4. The number of rotatable bonds is 4. The van der Waals surface area contributed by atoms with Crippen LogP contribution in [0.1, 0.15) is 5.82 Å². The minimum atomic E-state index is -0.959. The van der Waals surface area contributed by atoms with E-state index >= 15 is 0 Å². The Balaban J connectivity index is 2.40. The Morgan fingerprint density at radius 2 is 2.26 bits per heavy atom. The zero-order valence-corrected chi connectivity index (χ0v) is 11.4. The molecule has 0 atom stereocenters. The number of halogens is 2. The molecule has 0 amide bonds. The van der Waals surface area contributed by atoms with Crippen molar-refractivity contribution in [2.24, 2.45) is 0 Å². The summed E-state index contributed by atoms with van der Waals surface area (Å²) in [5.74, 6) is -1.12. The second kappa shape index (κ2) is 5.58. The van der Waals surface area contributed by atoms with E-state index in [2.05, 4.69) is 10.2 Å². The highest BCUT2D eigenvalue weighted by Crippen LogP contribution is 2.24. The second-order valence-corrected chi connectivity index (χ2v) is 5.00. The van der Waals surface area contributed by atoms with Crippen molar-refractivity contribution >= 4 is 29.3 Å². The Kier molecular flexibility index (Phi) is 4.06. The third-order valence-electron chi connectivity index (χ3n) is 2.28. The molecule has 8 heteroatoms. The number of carbonyl (C=O) groups is 1. The molecular formula is C11H9ClFN3O2S. The van der Waals surface area contributed by atoms with Crippen molar-refractivity contribution in [1.29, 1.82) is 0 Å². The van der Waals surface area contributed by atoms with Gasteiger partial charge in [-0.25, -0.2) is 4.39 Å². The summed E-state index contributed by atoms with van der Waals surface area (Å²) < 4.78 is 15.0. The van der Waals surface area contributed by atoms with Crippen molar-refractivity contribution < 1.29 is 14.3 Å². The van der Waals surface area contributed by atoms with Gasteiger partial charge in [-0.15, -0.1) is 10.2 Å². The van der Waals surface area contributed by atoms with Crippen molar-refractivity contribution in [1.82, 2.24) is 14.8 Å². The molecule has 5 nitrogen and oxygen atoms in total. The summed E-state index contributed by atoms with van der Waals surface area (Å²) in [7, 11) is 0. The summed E-state index contributed by atoms with van der Waals surface area (Å²) in [5, 5.41) is 16.8. The molecule has 0 spiro atoms. The molecule has 19 heavy (non-hydrogen) atoms. The van der Waals surface area contributed by atoms with Gasteiger partial charge in [0.15, 0.2) is 5.16 Å². The van der Waals surface area contributed by atoms with Gasteiger partial charge in [0.2, 0.25) is 0 Å². The third-order valence-corrected chi connectivity index (χ3v) is 3.50. The van der Waals surface area contributed by atoms with Crippen LogP contribution in [0.2, 0.25) is 5.02 Å². The number of carboxylic acids is 1. The van der Waals surface area contributed by atoms with E-state index in [1.807, 2.05) is 0 Å². The smallest absolute Gasteiger partial charge is 0.313 e. The normalized spacial score (nSPS) is 10.7. The van der Waals surface area contributed by atoms with E-state index in [0.29, 0.717) is 16.7 Å². The van der Waals surface area contributed by atoms with Gasteiger partial charge in [-0.3, -0.25) is 9.36 Å². The van der Waals surface area contributed by atoms with Crippen LogP contribution in [-0.2, 0) is 4.79 Å². The van der Waals surface area contributed by atoms with Gasteiger partial charge in [-0.2, -0.15) is 0 Å². The molecule has 1 aromatic carbocycles. The topological polar surface area (TPSA) is 68.0 Å². The van der Waals surface area contributed by atoms with E-state index in [-0.39, 0.29) is 10.8 Å². The number of aryl methyl sites for hydroxylation is 1. The molecule has 0 aliphatic rings. The molecule has 0 aliphatic heterocycles. The van der Waals surface area contributed by atoms with Gasteiger partial charge >= 0.3 is 5.97 Å². The Bertz CT molecular complexity index is 632. The fraction of sp³-hybridized carbons (Fsp3) is 0.182. The van der Waals surface area contributed by atoms with Crippen LogP contribution in [0.25, 0.3) is 5.69 Å². The van der Waals surface area contributed by atoms with Crippen molar-refractivity contribution in [3.8, 4) is 5.69 Å². The summed E-state index contributed by atoms with van der Waals surface area (Å²) in [6.07, 6.45) is 0. The summed E-state index contributed by atoms with van der Waals surface area (Å²) in [6.45, 7) is 1.70. The highest BCUT2D eigenvalue weighted by atomic mass is 35.5. The molecule has 2 rings (SSSR count). The van der Waals surface area contributed by atoms with Crippen LogP contribution < -0.4 is 0 Å². The summed E-state index contributed by atoms with van der Waals surface area (Å²) in [6, 6.07) is 4.30. The molecule has 1 N–H and O–H groups in total. The van der Waals surface area contributed by atoms with Crippen LogP contribution in [0, 0.1) is 12.7 Å². The zero-order chi connectivity index (χ0) is 14.0. The van der Waals surface area contributed by atoms with Gasteiger partial charge in [0.05, 0.1) is 16.5 Å². The van der Waals surface area contributed by atoms with E-state index in [1.165, 1.54) is 12.1 Å². The lowest BCUT2D eigenvalue weighted by atomic mass is 10.3. The molecule has 1 heterocycles. The Labute approximate surface area is 117 Å². The van der Waals surface area contributed by atoms with Crippen LogP contribution in [0.4, 0.5) is 4.39 Å². The average Bonchev–Trinajstić information content (AvgIpc) is 2.71. The lowest BCUT2D eigenvalue weighted by Crippen LogP contribution is -2.03. The summed E-state index contributed by atoms with van der Waals surface area (Å²) in [4.78, 5) is 10.6. The lowest BCUT2D eigenvalue weighted by molar-refractivity contribution is -0.133. The lowest BCUT2D eigenvalue weighted by Gasteiger charge is -2.08. The Morgan fingerprint density at radius 1 is 1.53 bits per heavy atom. The zero-order valence-electron chi connectivity index (χ0n) is 9.80. The van der Waals surface area contributed by atoms with Crippen LogP contribution in [0.15, 0.2) is 23.4 Å². The molecule has 1 aromatic heterocycles. The Morgan fingerprint density at radius 3 is 2.89 bits per heavy atom. The first-order chi connectivity index (χ1) is 8.99. The van der Waals surface area contributed by atoms with Crippen LogP contribution >= 0.6 is 23.4 Å². The van der Waals surface area contributed by atoms with Gasteiger partial charge in [0, 0.05) is 0 Å². The molecule has 0 bridgehead atoms. The minimum Gasteiger partial charge on any atom is -0.481 e. The fourth-order valence-electron chi connectivity index (χ4n) is 1.48. The monoisotopic (exact) mass is 301 g/mol. The number of aliphatic carboxylic acids is 1. The molecule has 0 saturated heterocycles. The van der Waals surface area contributed by atoms with Crippen molar-refractivity contribution in [2.45, 2.75) is 12.1 Å². The highest BCUT2D eigenvalue weighted by Gasteiger charge is 2.14. The maximum Gasteiger partial charge on any atom is 0.313 e. The van der Waals surface area contributed by atoms with E-state index in [1.54, 1.807) is 17.6 Å². The minimum absolute atomic E-state index is 0.0224. The van der Waals surface area contributed by atoms with E-state index < -0.39 is 11.8 Å². The van der Waals surface area contributed by atoms with Crippen molar-refractivity contribution in [3.63, 3.8) is 0 Å². The SMILES string of the molecule is Cc1nnc(SCC(=O)O)n1-c1ccc(Cl)c(F)c1. The first-order valence-electron chi connectivity index (χ1n) is 5.21. The fourth-order valence-corrected chi connectivity index (χ4v) is 2.32. The number of hydrogen-bond donors (Lipinski definition) is 1. The first-order valence-corrected chi connectivity index (χ1v) is 6.57. The van der Waals surface area contributed by atoms with Crippen molar-refractivity contribution in [3.05, 3.63) is 34.9 Å². The molecule has 0 aliphatic carbocycles. The van der Waals surface area contributed by atoms with Crippen LogP contribution in [-0.4, -0.2) is 31.6 Å². The maximum absolute atomic E-state index is 13.5. The number of aromatic nitrogens is 3. The van der Waals surface area contributed by atoms with Gasteiger partial charge in [0.1, 0.15) is 11.6 Å². The van der Waals surface area contributed by atoms with E-state index in [0.717, 1.165) is 11.8 Å². The van der Waals surface area contributed by atoms with Crippen molar-refractivity contribution in [2.75, 3.05) is 5.75 Å². The molecule has 0 fully saturated rings. The van der Waals surface area contributed by atoms with E-state index in [9.17, 15) is 9.18 Å². The molecular weight excluding hydrogens is 293 g/mol. The number of thioether (sulfide) groups is 1. The van der Waals surface area contributed by atoms with Crippen LogP contribution in [0.3, 0.4) is 0 Å². The first kappa shape index (κ1) is 13.8. The van der Waals surface area contributed by atoms with Gasteiger partial charge in [-0.05, 0) is 25.1 Å². The quantitative estimate of drug-likeness (QED) is 0.879. The number of carboxylic acid groups (broad SMARTS) is 1. The number of nitrogens with zero attached hydrogens (tertiary/aromatic N) is 3. The van der Waals surface area contributed by atoms with Gasteiger partial charge in [-0.1, -0.05) is 23.4 Å². The summed E-state index contributed by atoms with van der Waals surface area (Å²) >= 11 is 6.64. The molecule has 0 unspecified atom stereocenters. The average molecular weight is 302 g/mol. The van der Waals surface area contributed by atoms with Gasteiger partial charge in [0.25, 0.3) is 0 Å². The second-order valence-electron chi connectivity index (χ2n) is 3.65. The molecule has 0 saturated carbocycles. The third kappa shape index (κ3) is 3.05. The van der Waals surface area contributed by atoms with Gasteiger partial charge < -0.3 is 5.11 Å². The Hall–Kier alpha value is -1.60.